The zero-order valence-corrected chi connectivity index (χ0v) is 9.05. The highest BCUT2D eigenvalue weighted by molar-refractivity contribution is 7.15. The van der Waals surface area contributed by atoms with Crippen LogP contribution in [0.4, 0.5) is 18.3 Å². The number of hydrogen-bond acceptors (Lipinski definition) is 5. The molecule has 1 saturated heterocycles. The van der Waals surface area contributed by atoms with Crippen molar-refractivity contribution in [2.24, 2.45) is 0 Å². The highest BCUT2D eigenvalue weighted by Gasteiger charge is 2.37. The van der Waals surface area contributed by atoms with Crippen LogP contribution in [0.15, 0.2) is 0 Å². The van der Waals surface area contributed by atoms with Crippen molar-refractivity contribution in [3.05, 3.63) is 5.01 Å². The van der Waals surface area contributed by atoms with Gasteiger partial charge in [-0.1, -0.05) is 11.3 Å². The van der Waals surface area contributed by atoms with Gasteiger partial charge in [0.15, 0.2) is 0 Å². The van der Waals surface area contributed by atoms with Gasteiger partial charge in [-0.2, -0.15) is 13.2 Å². The molecular formula is C8H10F3N3OS. The van der Waals surface area contributed by atoms with Crippen molar-refractivity contribution >= 4 is 16.5 Å². The molecule has 0 amide bonds. The second-order valence-electron chi connectivity index (χ2n) is 3.56. The van der Waals surface area contributed by atoms with E-state index < -0.39 is 11.2 Å². The summed E-state index contributed by atoms with van der Waals surface area (Å²) in [6, 6.07) is -0.131. The molecule has 1 fully saturated rings. The van der Waals surface area contributed by atoms with E-state index in [0.717, 1.165) is 12.8 Å². The molecule has 0 bridgehead atoms. The minimum atomic E-state index is -4.44. The molecular weight excluding hydrogens is 243 g/mol. The standard InChI is InChI=1S/C8H10F3N3OS/c9-8(10,11)6-12-13-7(16-6)14-3-1-2-5(14)4-15/h5,15H,1-4H2. The first-order valence-corrected chi connectivity index (χ1v) is 5.62. The van der Waals surface area contributed by atoms with Gasteiger partial charge in [0.05, 0.1) is 12.6 Å². The van der Waals surface area contributed by atoms with E-state index in [9.17, 15) is 13.2 Å². The molecule has 2 rings (SSSR count). The second kappa shape index (κ2) is 4.17. The minimum absolute atomic E-state index is 0.0685. The lowest BCUT2D eigenvalue weighted by Gasteiger charge is -2.20. The Balaban J connectivity index is 2.18. The van der Waals surface area contributed by atoms with Gasteiger partial charge in [0.2, 0.25) is 10.1 Å². The summed E-state index contributed by atoms with van der Waals surface area (Å²) in [5, 5.41) is 15.0. The van der Waals surface area contributed by atoms with Crippen LogP contribution >= 0.6 is 11.3 Å². The molecule has 1 aliphatic heterocycles. The number of aromatic nitrogens is 2. The molecule has 1 aromatic heterocycles. The number of anilines is 1. The summed E-state index contributed by atoms with van der Waals surface area (Å²) in [6.07, 6.45) is -2.81. The van der Waals surface area contributed by atoms with Gasteiger partial charge in [-0.15, -0.1) is 10.2 Å². The monoisotopic (exact) mass is 253 g/mol. The van der Waals surface area contributed by atoms with E-state index >= 15 is 0 Å². The Morgan fingerprint density at radius 1 is 1.44 bits per heavy atom. The van der Waals surface area contributed by atoms with Crippen LogP contribution in [0.5, 0.6) is 0 Å². The zero-order chi connectivity index (χ0) is 11.8. The van der Waals surface area contributed by atoms with Crippen molar-refractivity contribution in [1.29, 1.82) is 0 Å². The van der Waals surface area contributed by atoms with Crippen molar-refractivity contribution in [2.45, 2.75) is 25.1 Å². The highest BCUT2D eigenvalue weighted by Crippen LogP contribution is 2.36. The molecule has 1 N–H and O–H groups in total. The van der Waals surface area contributed by atoms with Crippen molar-refractivity contribution in [3.8, 4) is 0 Å². The van der Waals surface area contributed by atoms with E-state index in [2.05, 4.69) is 10.2 Å². The Labute approximate surface area is 93.7 Å². The van der Waals surface area contributed by atoms with Gasteiger partial charge >= 0.3 is 6.18 Å². The van der Waals surface area contributed by atoms with Crippen LogP contribution in [0.3, 0.4) is 0 Å². The van der Waals surface area contributed by atoms with Gasteiger partial charge < -0.3 is 10.0 Å². The maximum atomic E-state index is 12.3. The molecule has 1 aromatic rings. The number of aliphatic hydroxyl groups is 1. The molecule has 90 valence electrons. The fourth-order valence-electron chi connectivity index (χ4n) is 1.72. The Morgan fingerprint density at radius 3 is 2.75 bits per heavy atom. The van der Waals surface area contributed by atoms with Gasteiger partial charge in [0.1, 0.15) is 0 Å². The third kappa shape index (κ3) is 2.12. The molecule has 1 unspecified atom stereocenters. The Bertz CT molecular complexity index is 368. The summed E-state index contributed by atoms with van der Waals surface area (Å²) in [7, 11) is 0. The van der Waals surface area contributed by atoms with Crippen molar-refractivity contribution < 1.29 is 18.3 Å². The second-order valence-corrected chi connectivity index (χ2v) is 4.52. The van der Waals surface area contributed by atoms with E-state index in [1.54, 1.807) is 4.90 Å². The lowest BCUT2D eigenvalue weighted by molar-refractivity contribution is -0.138. The molecule has 0 aromatic carbocycles. The summed E-state index contributed by atoms with van der Waals surface area (Å²) >= 11 is 0.524. The van der Waals surface area contributed by atoms with Gasteiger partial charge in [-0.25, -0.2) is 0 Å². The fraction of sp³-hybridized carbons (Fsp3) is 0.750. The number of halogens is 3. The topological polar surface area (TPSA) is 49.2 Å². The molecule has 0 radical (unpaired) electrons. The largest absolute Gasteiger partial charge is 0.445 e. The van der Waals surface area contributed by atoms with Gasteiger partial charge in [-0.3, -0.25) is 0 Å². The Kier molecular flexibility index (Phi) is 3.02. The zero-order valence-electron chi connectivity index (χ0n) is 8.24. The van der Waals surface area contributed by atoms with Crippen LogP contribution in [0.25, 0.3) is 0 Å². The summed E-state index contributed by atoms with van der Waals surface area (Å²) in [5.41, 5.74) is 0. The first-order valence-electron chi connectivity index (χ1n) is 4.80. The van der Waals surface area contributed by atoms with E-state index in [1.807, 2.05) is 0 Å². The summed E-state index contributed by atoms with van der Waals surface area (Å²) in [6.45, 7) is 0.554. The molecule has 0 spiro atoms. The number of nitrogens with zero attached hydrogens (tertiary/aromatic N) is 3. The van der Waals surface area contributed by atoms with Gasteiger partial charge in [0, 0.05) is 6.54 Å². The van der Waals surface area contributed by atoms with E-state index in [4.69, 9.17) is 5.11 Å². The average Bonchev–Trinajstić information content (AvgIpc) is 2.84. The summed E-state index contributed by atoms with van der Waals surface area (Å²) < 4.78 is 36.9. The maximum absolute atomic E-state index is 12.3. The van der Waals surface area contributed by atoms with Gasteiger partial charge in [-0.05, 0) is 12.8 Å². The Morgan fingerprint density at radius 2 is 2.19 bits per heavy atom. The van der Waals surface area contributed by atoms with E-state index in [0.29, 0.717) is 17.9 Å². The third-order valence-corrected chi connectivity index (χ3v) is 3.50. The highest BCUT2D eigenvalue weighted by atomic mass is 32.1. The quantitative estimate of drug-likeness (QED) is 0.868. The average molecular weight is 253 g/mol. The molecule has 2 heterocycles. The van der Waals surface area contributed by atoms with Crippen LogP contribution in [0.1, 0.15) is 17.8 Å². The number of alkyl halides is 3. The predicted molar refractivity (Wildman–Crippen MR) is 52.4 cm³/mol. The molecule has 0 aliphatic carbocycles. The summed E-state index contributed by atoms with van der Waals surface area (Å²) in [5.74, 6) is 0. The number of hydrogen-bond donors (Lipinski definition) is 1. The number of aliphatic hydroxyl groups excluding tert-OH is 1. The van der Waals surface area contributed by atoms with Crippen molar-refractivity contribution in [1.82, 2.24) is 10.2 Å². The smallest absolute Gasteiger partial charge is 0.394 e. The minimum Gasteiger partial charge on any atom is -0.394 e. The molecule has 16 heavy (non-hydrogen) atoms. The molecule has 0 saturated carbocycles. The van der Waals surface area contributed by atoms with Crippen LogP contribution in [0, 0.1) is 0 Å². The van der Waals surface area contributed by atoms with Crippen LogP contribution in [-0.4, -0.2) is 34.5 Å². The Hall–Kier alpha value is -0.890. The lowest BCUT2D eigenvalue weighted by Crippen LogP contribution is -2.31. The van der Waals surface area contributed by atoms with Crippen LogP contribution < -0.4 is 4.90 Å². The molecule has 1 aliphatic rings. The van der Waals surface area contributed by atoms with E-state index in [1.165, 1.54) is 0 Å². The SMILES string of the molecule is OCC1CCCN1c1nnc(C(F)(F)F)s1. The van der Waals surface area contributed by atoms with E-state index in [-0.39, 0.29) is 17.8 Å². The van der Waals surface area contributed by atoms with Gasteiger partial charge in [0.25, 0.3) is 0 Å². The maximum Gasteiger partial charge on any atom is 0.445 e. The van der Waals surface area contributed by atoms with Crippen molar-refractivity contribution in [3.63, 3.8) is 0 Å². The first kappa shape index (κ1) is 11.6. The first-order chi connectivity index (χ1) is 7.52. The normalized spacial score (nSPS) is 21.8. The lowest BCUT2D eigenvalue weighted by atomic mass is 10.2. The third-order valence-electron chi connectivity index (χ3n) is 2.49. The molecule has 1 atom stereocenters. The molecule has 8 heteroatoms. The summed E-state index contributed by atoms with van der Waals surface area (Å²) in [4.78, 5) is 1.69. The van der Waals surface area contributed by atoms with Crippen LogP contribution in [0.2, 0.25) is 0 Å². The fourth-order valence-corrected chi connectivity index (χ4v) is 2.53. The predicted octanol–water partition coefficient (Wildman–Crippen LogP) is 1.52. The van der Waals surface area contributed by atoms with Crippen molar-refractivity contribution in [2.75, 3.05) is 18.1 Å². The van der Waals surface area contributed by atoms with Crippen LogP contribution in [-0.2, 0) is 6.18 Å². The molecule has 4 nitrogen and oxygen atoms in total. The number of rotatable bonds is 2.